The standard InChI is InChI=1S/C16H16ClNO2/c1-11-5-6-14(13(17)9-11)18-10-12-3-2-4-15-16(12)20-8-7-19-15/h2-6,9,18H,7-8,10H2,1H3. The Labute approximate surface area is 123 Å². The summed E-state index contributed by atoms with van der Waals surface area (Å²) in [5.74, 6) is 1.64. The highest BCUT2D eigenvalue weighted by atomic mass is 35.5. The quantitative estimate of drug-likeness (QED) is 0.925. The molecule has 3 rings (SSSR count). The minimum Gasteiger partial charge on any atom is -0.486 e. The van der Waals surface area contributed by atoms with E-state index in [0.717, 1.165) is 33.3 Å². The maximum absolute atomic E-state index is 6.22. The fourth-order valence-electron chi connectivity index (χ4n) is 2.23. The predicted molar refractivity (Wildman–Crippen MR) is 80.9 cm³/mol. The van der Waals surface area contributed by atoms with Crippen molar-refractivity contribution in [3.8, 4) is 11.5 Å². The first-order valence-corrected chi connectivity index (χ1v) is 6.99. The van der Waals surface area contributed by atoms with Gasteiger partial charge in [-0.05, 0) is 30.7 Å². The first-order valence-electron chi connectivity index (χ1n) is 6.61. The molecule has 3 nitrogen and oxygen atoms in total. The molecule has 0 unspecified atom stereocenters. The second-order valence-electron chi connectivity index (χ2n) is 4.78. The van der Waals surface area contributed by atoms with Crippen LogP contribution in [0.3, 0.4) is 0 Å². The smallest absolute Gasteiger partial charge is 0.166 e. The summed E-state index contributed by atoms with van der Waals surface area (Å²) in [5.41, 5.74) is 3.14. The Hall–Kier alpha value is -1.87. The van der Waals surface area contributed by atoms with Crippen molar-refractivity contribution in [3.05, 3.63) is 52.5 Å². The molecule has 0 radical (unpaired) electrons. The van der Waals surface area contributed by atoms with Crippen LogP contribution in [0.25, 0.3) is 0 Å². The van der Waals surface area contributed by atoms with Crippen molar-refractivity contribution in [1.29, 1.82) is 0 Å². The second-order valence-corrected chi connectivity index (χ2v) is 5.19. The molecule has 1 aliphatic heterocycles. The van der Waals surface area contributed by atoms with E-state index in [-0.39, 0.29) is 0 Å². The number of nitrogens with one attached hydrogen (secondary N) is 1. The first-order chi connectivity index (χ1) is 9.74. The van der Waals surface area contributed by atoms with Gasteiger partial charge in [-0.25, -0.2) is 0 Å². The molecule has 2 aromatic carbocycles. The van der Waals surface area contributed by atoms with E-state index in [1.54, 1.807) is 0 Å². The largest absolute Gasteiger partial charge is 0.486 e. The molecule has 0 aliphatic carbocycles. The van der Waals surface area contributed by atoms with Gasteiger partial charge in [-0.1, -0.05) is 29.8 Å². The van der Waals surface area contributed by atoms with Gasteiger partial charge in [0, 0.05) is 12.1 Å². The third kappa shape index (κ3) is 2.68. The molecule has 2 aromatic rings. The number of anilines is 1. The van der Waals surface area contributed by atoms with Gasteiger partial charge >= 0.3 is 0 Å². The van der Waals surface area contributed by atoms with Crippen molar-refractivity contribution in [3.63, 3.8) is 0 Å². The summed E-state index contributed by atoms with van der Waals surface area (Å²) in [4.78, 5) is 0. The number of para-hydroxylation sites is 1. The van der Waals surface area contributed by atoms with Crippen molar-refractivity contribution < 1.29 is 9.47 Å². The van der Waals surface area contributed by atoms with Gasteiger partial charge in [-0.3, -0.25) is 0 Å². The van der Waals surface area contributed by atoms with E-state index in [0.29, 0.717) is 19.8 Å². The van der Waals surface area contributed by atoms with E-state index >= 15 is 0 Å². The van der Waals surface area contributed by atoms with Crippen molar-refractivity contribution in [2.24, 2.45) is 0 Å². The number of aryl methyl sites for hydroxylation is 1. The minimum absolute atomic E-state index is 0.593. The summed E-state index contributed by atoms with van der Waals surface area (Å²) in [6.45, 7) is 3.87. The lowest BCUT2D eigenvalue weighted by atomic mass is 10.1. The number of benzene rings is 2. The van der Waals surface area contributed by atoms with Gasteiger partial charge in [-0.2, -0.15) is 0 Å². The van der Waals surface area contributed by atoms with E-state index in [1.807, 2.05) is 43.3 Å². The van der Waals surface area contributed by atoms with Crippen molar-refractivity contribution in [2.45, 2.75) is 13.5 Å². The highest BCUT2D eigenvalue weighted by Gasteiger charge is 2.15. The average molecular weight is 290 g/mol. The first kappa shape index (κ1) is 13.1. The zero-order chi connectivity index (χ0) is 13.9. The van der Waals surface area contributed by atoms with Crippen molar-refractivity contribution in [1.82, 2.24) is 0 Å². The molecule has 1 N–H and O–H groups in total. The van der Waals surface area contributed by atoms with Crippen LogP contribution in [0.4, 0.5) is 5.69 Å². The molecule has 0 saturated carbocycles. The van der Waals surface area contributed by atoms with Crippen LogP contribution in [0.15, 0.2) is 36.4 Å². The lowest BCUT2D eigenvalue weighted by molar-refractivity contribution is 0.170. The molecule has 104 valence electrons. The maximum atomic E-state index is 6.22. The molecule has 0 fully saturated rings. The van der Waals surface area contributed by atoms with Crippen LogP contribution < -0.4 is 14.8 Å². The molecule has 0 spiro atoms. The summed E-state index contributed by atoms with van der Waals surface area (Å²) in [6, 6.07) is 11.9. The summed E-state index contributed by atoms with van der Waals surface area (Å²) in [5, 5.41) is 4.07. The number of hydrogen-bond donors (Lipinski definition) is 1. The van der Waals surface area contributed by atoms with Gasteiger partial charge in [0.15, 0.2) is 11.5 Å². The molecule has 0 atom stereocenters. The van der Waals surface area contributed by atoms with Gasteiger partial charge in [0.05, 0.1) is 10.7 Å². The fourth-order valence-corrected chi connectivity index (χ4v) is 2.53. The zero-order valence-electron chi connectivity index (χ0n) is 11.3. The maximum Gasteiger partial charge on any atom is 0.166 e. The molecular weight excluding hydrogens is 274 g/mol. The molecule has 20 heavy (non-hydrogen) atoms. The third-order valence-corrected chi connectivity index (χ3v) is 3.55. The second kappa shape index (κ2) is 5.63. The van der Waals surface area contributed by atoms with Gasteiger partial charge in [0.25, 0.3) is 0 Å². The summed E-state index contributed by atoms with van der Waals surface area (Å²) in [7, 11) is 0. The Balaban J connectivity index is 1.78. The molecule has 0 amide bonds. The van der Waals surface area contributed by atoms with Gasteiger partial charge in [0.1, 0.15) is 13.2 Å². The summed E-state index contributed by atoms with van der Waals surface area (Å²) < 4.78 is 11.3. The average Bonchev–Trinajstić information content (AvgIpc) is 2.46. The highest BCUT2D eigenvalue weighted by molar-refractivity contribution is 6.33. The van der Waals surface area contributed by atoms with Crippen LogP contribution >= 0.6 is 11.6 Å². The van der Waals surface area contributed by atoms with Crippen molar-refractivity contribution in [2.75, 3.05) is 18.5 Å². The normalized spacial score (nSPS) is 13.1. The zero-order valence-corrected chi connectivity index (χ0v) is 12.0. The van der Waals surface area contributed by atoms with E-state index in [9.17, 15) is 0 Å². The molecule has 0 saturated heterocycles. The van der Waals surface area contributed by atoms with E-state index in [2.05, 4.69) is 5.32 Å². The Morgan fingerprint density at radius 1 is 1.15 bits per heavy atom. The lowest BCUT2D eigenvalue weighted by Crippen LogP contribution is -2.17. The number of ether oxygens (including phenoxy) is 2. The Morgan fingerprint density at radius 3 is 2.85 bits per heavy atom. The minimum atomic E-state index is 0.593. The highest BCUT2D eigenvalue weighted by Crippen LogP contribution is 2.34. The third-order valence-electron chi connectivity index (χ3n) is 3.24. The molecule has 0 bridgehead atoms. The lowest BCUT2D eigenvalue weighted by Gasteiger charge is -2.21. The van der Waals surface area contributed by atoms with E-state index < -0.39 is 0 Å². The Bertz CT molecular complexity index is 628. The molecular formula is C16H16ClNO2. The number of rotatable bonds is 3. The molecule has 4 heteroatoms. The fraction of sp³-hybridized carbons (Fsp3) is 0.250. The van der Waals surface area contributed by atoms with Crippen LogP contribution in [-0.4, -0.2) is 13.2 Å². The molecule has 0 aromatic heterocycles. The molecule has 1 heterocycles. The Morgan fingerprint density at radius 2 is 2.00 bits per heavy atom. The molecule has 1 aliphatic rings. The van der Waals surface area contributed by atoms with Crippen LogP contribution in [-0.2, 0) is 6.54 Å². The Kier molecular flexibility index (Phi) is 3.70. The van der Waals surface area contributed by atoms with Crippen LogP contribution in [0.2, 0.25) is 5.02 Å². The van der Waals surface area contributed by atoms with Crippen molar-refractivity contribution >= 4 is 17.3 Å². The summed E-state index contributed by atoms with van der Waals surface area (Å²) in [6.07, 6.45) is 0. The number of hydrogen-bond acceptors (Lipinski definition) is 3. The van der Waals surface area contributed by atoms with Gasteiger partial charge < -0.3 is 14.8 Å². The topological polar surface area (TPSA) is 30.5 Å². The number of halogens is 1. The van der Waals surface area contributed by atoms with Gasteiger partial charge in [-0.15, -0.1) is 0 Å². The predicted octanol–water partition coefficient (Wildman–Crippen LogP) is 4.03. The van der Waals surface area contributed by atoms with E-state index in [4.69, 9.17) is 21.1 Å². The van der Waals surface area contributed by atoms with Crippen LogP contribution in [0.5, 0.6) is 11.5 Å². The van der Waals surface area contributed by atoms with E-state index in [1.165, 1.54) is 0 Å². The summed E-state index contributed by atoms with van der Waals surface area (Å²) >= 11 is 6.22. The SMILES string of the molecule is Cc1ccc(NCc2cccc3c2OCCO3)c(Cl)c1. The van der Waals surface area contributed by atoms with Crippen LogP contribution in [0.1, 0.15) is 11.1 Å². The van der Waals surface area contributed by atoms with Crippen LogP contribution in [0, 0.1) is 6.92 Å². The monoisotopic (exact) mass is 289 g/mol. The van der Waals surface area contributed by atoms with Gasteiger partial charge in [0.2, 0.25) is 0 Å². The number of fused-ring (bicyclic) bond motifs is 1.